The normalized spacial score (nSPS) is 20.6. The third-order valence-electron chi connectivity index (χ3n) is 2.75. The van der Waals surface area contributed by atoms with Crippen molar-refractivity contribution < 1.29 is 9.15 Å². The second kappa shape index (κ2) is 4.27. The van der Waals surface area contributed by atoms with E-state index in [4.69, 9.17) is 9.15 Å². The molecule has 5 nitrogen and oxygen atoms in total. The fourth-order valence-corrected chi connectivity index (χ4v) is 1.89. The van der Waals surface area contributed by atoms with Crippen LogP contribution in [0.2, 0.25) is 0 Å². The van der Waals surface area contributed by atoms with Gasteiger partial charge in [-0.3, -0.25) is 4.79 Å². The molecule has 1 aliphatic heterocycles. The first-order valence-electron chi connectivity index (χ1n) is 5.57. The zero-order valence-corrected chi connectivity index (χ0v) is 9.18. The average molecular weight is 232 g/mol. The third-order valence-corrected chi connectivity index (χ3v) is 2.75. The van der Waals surface area contributed by atoms with Crippen LogP contribution in [0, 0.1) is 0 Å². The van der Waals surface area contributed by atoms with Crippen LogP contribution in [0.3, 0.4) is 0 Å². The minimum absolute atomic E-state index is 0.268. The molecular weight excluding hydrogens is 220 g/mol. The van der Waals surface area contributed by atoms with Gasteiger partial charge in [0.15, 0.2) is 0 Å². The van der Waals surface area contributed by atoms with Gasteiger partial charge >= 0.3 is 0 Å². The largest absolute Gasteiger partial charge is 0.439 e. The number of rotatable bonds is 1. The van der Waals surface area contributed by atoms with Gasteiger partial charge in [0.05, 0.1) is 12.0 Å². The van der Waals surface area contributed by atoms with Crippen LogP contribution >= 0.6 is 0 Å². The Kier molecular flexibility index (Phi) is 2.62. The molecule has 1 N–H and O–H groups in total. The van der Waals surface area contributed by atoms with Crippen LogP contribution in [-0.2, 0) is 4.74 Å². The lowest BCUT2D eigenvalue weighted by molar-refractivity contribution is 0.0104. The quantitative estimate of drug-likeness (QED) is 0.789. The summed E-state index contributed by atoms with van der Waals surface area (Å²) in [6.07, 6.45) is -0.277. The molecule has 0 aliphatic carbocycles. The Morgan fingerprint density at radius 3 is 3.06 bits per heavy atom. The number of hydrogen-bond donors (Lipinski definition) is 1. The maximum atomic E-state index is 11.8. The van der Waals surface area contributed by atoms with Gasteiger partial charge < -0.3 is 14.5 Å². The zero-order chi connectivity index (χ0) is 11.7. The molecule has 2 aromatic rings. The minimum Gasteiger partial charge on any atom is -0.439 e. The Balaban J connectivity index is 2.08. The van der Waals surface area contributed by atoms with Crippen molar-refractivity contribution in [1.29, 1.82) is 0 Å². The molecule has 1 aromatic carbocycles. The summed E-state index contributed by atoms with van der Waals surface area (Å²) in [5.74, 6) is 0.348. The van der Waals surface area contributed by atoms with Gasteiger partial charge in [-0.2, -0.15) is 4.98 Å². The maximum Gasteiger partial charge on any atom is 0.283 e. The molecule has 1 atom stereocenters. The summed E-state index contributed by atoms with van der Waals surface area (Å²) >= 11 is 0. The number of benzene rings is 1. The summed E-state index contributed by atoms with van der Waals surface area (Å²) in [5, 5.41) is 3.67. The number of nitrogens with one attached hydrogen (secondary N) is 1. The van der Waals surface area contributed by atoms with Gasteiger partial charge in [-0.05, 0) is 12.1 Å². The number of hydrogen-bond acceptors (Lipinski definition) is 5. The van der Waals surface area contributed by atoms with Crippen molar-refractivity contribution in [2.75, 3.05) is 19.7 Å². The molecule has 0 radical (unpaired) electrons. The molecule has 2 heterocycles. The van der Waals surface area contributed by atoms with Crippen molar-refractivity contribution in [3.63, 3.8) is 0 Å². The number of morpholine rings is 1. The summed E-state index contributed by atoms with van der Waals surface area (Å²) in [7, 11) is 0. The molecule has 1 aliphatic rings. The topological polar surface area (TPSA) is 64.4 Å². The Morgan fingerprint density at radius 2 is 2.24 bits per heavy atom. The Morgan fingerprint density at radius 1 is 1.35 bits per heavy atom. The monoisotopic (exact) mass is 232 g/mol. The van der Waals surface area contributed by atoms with Crippen molar-refractivity contribution in [1.82, 2.24) is 10.3 Å². The Labute approximate surface area is 97.4 Å². The fraction of sp³-hybridized carbons (Fsp3) is 0.333. The first kappa shape index (κ1) is 10.4. The average Bonchev–Trinajstić information content (AvgIpc) is 2.40. The summed E-state index contributed by atoms with van der Waals surface area (Å²) < 4.78 is 11.1. The zero-order valence-electron chi connectivity index (χ0n) is 9.18. The van der Waals surface area contributed by atoms with Gasteiger partial charge in [0.25, 0.3) is 5.56 Å². The van der Waals surface area contributed by atoms with Crippen LogP contribution in [-0.4, -0.2) is 24.7 Å². The third kappa shape index (κ3) is 1.94. The fourth-order valence-electron chi connectivity index (χ4n) is 1.89. The lowest BCUT2D eigenvalue weighted by atomic mass is 10.2. The van der Waals surface area contributed by atoms with Crippen molar-refractivity contribution in [3.8, 4) is 0 Å². The van der Waals surface area contributed by atoms with Gasteiger partial charge in [0, 0.05) is 13.1 Å². The molecule has 1 saturated heterocycles. The molecule has 0 bridgehead atoms. The van der Waals surface area contributed by atoms with Crippen LogP contribution < -0.4 is 10.9 Å². The molecule has 5 heteroatoms. The van der Waals surface area contributed by atoms with Gasteiger partial charge in [-0.15, -0.1) is 0 Å². The van der Waals surface area contributed by atoms with E-state index in [2.05, 4.69) is 10.3 Å². The number of para-hydroxylation sites is 1. The highest BCUT2D eigenvalue weighted by molar-refractivity contribution is 5.74. The van der Waals surface area contributed by atoms with Crippen molar-refractivity contribution in [3.05, 3.63) is 40.5 Å². The SMILES string of the molecule is O=c1nc(C2CNCCO2)oc2ccccc12. The van der Waals surface area contributed by atoms with Crippen LogP contribution in [0.4, 0.5) is 0 Å². The number of fused-ring (bicyclic) bond motifs is 1. The molecule has 0 spiro atoms. The van der Waals surface area contributed by atoms with E-state index in [1.165, 1.54) is 0 Å². The van der Waals surface area contributed by atoms with E-state index < -0.39 is 0 Å². The van der Waals surface area contributed by atoms with E-state index in [9.17, 15) is 4.79 Å². The molecule has 1 unspecified atom stereocenters. The van der Waals surface area contributed by atoms with Crippen molar-refractivity contribution in [2.24, 2.45) is 0 Å². The first-order valence-corrected chi connectivity index (χ1v) is 5.57. The van der Waals surface area contributed by atoms with Crippen LogP contribution in [0.15, 0.2) is 33.5 Å². The van der Waals surface area contributed by atoms with Gasteiger partial charge in [-0.25, -0.2) is 0 Å². The molecule has 3 rings (SSSR count). The highest BCUT2D eigenvalue weighted by atomic mass is 16.5. The van der Waals surface area contributed by atoms with Gasteiger partial charge in [0.2, 0.25) is 5.89 Å². The van der Waals surface area contributed by atoms with Crippen LogP contribution in [0.25, 0.3) is 11.0 Å². The molecule has 88 valence electrons. The van der Waals surface area contributed by atoms with Crippen LogP contribution in [0.1, 0.15) is 12.0 Å². The number of nitrogens with zero attached hydrogens (tertiary/aromatic N) is 1. The smallest absolute Gasteiger partial charge is 0.283 e. The standard InChI is InChI=1S/C12H12N2O3/c15-11-8-3-1-2-4-9(8)17-12(14-11)10-7-13-5-6-16-10/h1-4,10,13H,5-7H2. The predicted molar refractivity (Wildman–Crippen MR) is 61.8 cm³/mol. The second-order valence-electron chi connectivity index (χ2n) is 3.92. The second-order valence-corrected chi connectivity index (χ2v) is 3.92. The molecular formula is C12H12N2O3. The minimum atomic E-state index is -0.277. The van der Waals surface area contributed by atoms with E-state index in [0.717, 1.165) is 6.54 Å². The van der Waals surface area contributed by atoms with E-state index >= 15 is 0 Å². The number of ether oxygens (including phenoxy) is 1. The van der Waals surface area contributed by atoms with E-state index in [0.29, 0.717) is 30.0 Å². The first-order chi connectivity index (χ1) is 8.34. The molecule has 0 saturated carbocycles. The summed E-state index contributed by atoms with van der Waals surface area (Å²) in [6.45, 7) is 2.03. The highest BCUT2D eigenvalue weighted by Crippen LogP contribution is 2.18. The lowest BCUT2D eigenvalue weighted by Gasteiger charge is -2.21. The van der Waals surface area contributed by atoms with Crippen LogP contribution in [0.5, 0.6) is 0 Å². The van der Waals surface area contributed by atoms with Crippen molar-refractivity contribution >= 4 is 11.0 Å². The van der Waals surface area contributed by atoms with Gasteiger partial charge in [-0.1, -0.05) is 12.1 Å². The summed E-state index contributed by atoms with van der Waals surface area (Å²) in [5.41, 5.74) is 0.285. The predicted octanol–water partition coefficient (Wildman–Crippen LogP) is 0.849. The highest BCUT2D eigenvalue weighted by Gasteiger charge is 2.20. The van der Waals surface area contributed by atoms with E-state index in [-0.39, 0.29) is 11.7 Å². The summed E-state index contributed by atoms with van der Waals surface area (Å²) in [6, 6.07) is 7.09. The van der Waals surface area contributed by atoms with Gasteiger partial charge in [0.1, 0.15) is 11.7 Å². The molecule has 0 amide bonds. The number of aromatic nitrogens is 1. The van der Waals surface area contributed by atoms with Crippen molar-refractivity contribution in [2.45, 2.75) is 6.10 Å². The molecule has 1 fully saturated rings. The van der Waals surface area contributed by atoms with E-state index in [1.807, 2.05) is 6.07 Å². The lowest BCUT2D eigenvalue weighted by Crippen LogP contribution is -2.34. The van der Waals surface area contributed by atoms with E-state index in [1.54, 1.807) is 18.2 Å². The Bertz CT molecular complexity index is 588. The Hall–Kier alpha value is -1.72. The maximum absolute atomic E-state index is 11.8. The summed E-state index contributed by atoms with van der Waals surface area (Å²) in [4.78, 5) is 15.7. The molecule has 17 heavy (non-hydrogen) atoms. The molecule has 1 aromatic heterocycles.